The molecule has 0 aliphatic heterocycles. The van der Waals surface area contributed by atoms with E-state index in [1.54, 1.807) is 0 Å². The number of carbonyl (C=O) groups is 1. The summed E-state index contributed by atoms with van der Waals surface area (Å²) < 4.78 is 1.54. The Morgan fingerprint density at radius 1 is 1.10 bits per heavy atom. The van der Waals surface area contributed by atoms with E-state index in [9.17, 15) is 4.79 Å². The fourth-order valence-corrected chi connectivity index (χ4v) is 1.98. The molecule has 0 saturated carbocycles. The van der Waals surface area contributed by atoms with E-state index in [4.69, 9.17) is 4.84 Å². The highest BCUT2D eigenvalue weighted by Crippen LogP contribution is 2.09. The molecule has 0 fully saturated rings. The van der Waals surface area contributed by atoms with E-state index in [0.29, 0.717) is 6.61 Å². The van der Waals surface area contributed by atoms with Gasteiger partial charge in [0.05, 0.1) is 12.1 Å². The number of para-hydroxylation sites is 1. The van der Waals surface area contributed by atoms with Crippen LogP contribution in [0, 0.1) is 0 Å². The van der Waals surface area contributed by atoms with Crippen molar-refractivity contribution in [1.29, 1.82) is 0 Å². The minimum atomic E-state index is -0.276. The van der Waals surface area contributed by atoms with Gasteiger partial charge in [0.2, 0.25) is 0 Å². The van der Waals surface area contributed by atoms with Crippen LogP contribution < -0.4 is 5.48 Å². The smallest absolute Gasteiger partial charge is 0.265 e. The number of rotatable bonds is 5. The molecule has 21 heavy (non-hydrogen) atoms. The van der Waals surface area contributed by atoms with E-state index < -0.39 is 0 Å². The Labute approximate surface area is 121 Å². The second-order valence-corrected chi connectivity index (χ2v) is 4.54. The molecule has 3 rings (SSSR count). The normalized spacial score (nSPS) is 10.7. The number of nitrogens with one attached hydrogen (secondary N) is 1. The van der Waals surface area contributed by atoms with Crippen LogP contribution in [0.15, 0.2) is 54.6 Å². The number of hydrogen-bond donors (Lipinski definition) is 1. The fourth-order valence-electron chi connectivity index (χ4n) is 1.98. The summed E-state index contributed by atoms with van der Waals surface area (Å²) >= 11 is 0. The molecular formula is C15H14N4O2. The van der Waals surface area contributed by atoms with Gasteiger partial charge in [0, 0.05) is 0 Å². The lowest BCUT2D eigenvalue weighted by molar-refractivity contribution is -0.135. The molecule has 0 aliphatic carbocycles. The Morgan fingerprint density at radius 3 is 2.71 bits per heavy atom. The molecule has 0 unspecified atom stereocenters. The van der Waals surface area contributed by atoms with E-state index in [-0.39, 0.29) is 12.5 Å². The molecule has 1 amide bonds. The SMILES string of the molecule is O=C(Cn1nnc2ccccc21)NOCc1ccccc1. The monoisotopic (exact) mass is 282 g/mol. The fraction of sp³-hybridized carbons (Fsp3) is 0.133. The summed E-state index contributed by atoms with van der Waals surface area (Å²) in [5, 5.41) is 7.94. The van der Waals surface area contributed by atoms with Crippen LogP contribution in [0.25, 0.3) is 11.0 Å². The van der Waals surface area contributed by atoms with Crippen molar-refractivity contribution in [2.24, 2.45) is 0 Å². The van der Waals surface area contributed by atoms with Crippen molar-refractivity contribution in [1.82, 2.24) is 20.5 Å². The maximum atomic E-state index is 11.8. The number of amides is 1. The Morgan fingerprint density at radius 2 is 1.86 bits per heavy atom. The molecule has 6 nitrogen and oxygen atoms in total. The molecule has 2 aromatic carbocycles. The van der Waals surface area contributed by atoms with Crippen LogP contribution in [-0.4, -0.2) is 20.9 Å². The van der Waals surface area contributed by atoms with Crippen LogP contribution in [0.5, 0.6) is 0 Å². The van der Waals surface area contributed by atoms with Crippen LogP contribution in [0.2, 0.25) is 0 Å². The summed E-state index contributed by atoms with van der Waals surface area (Å²) in [6.45, 7) is 0.389. The van der Waals surface area contributed by atoms with Gasteiger partial charge in [-0.15, -0.1) is 5.10 Å². The number of benzene rings is 2. The molecule has 0 saturated heterocycles. The van der Waals surface area contributed by atoms with E-state index >= 15 is 0 Å². The molecule has 0 bridgehead atoms. The van der Waals surface area contributed by atoms with Crippen molar-refractivity contribution < 1.29 is 9.63 Å². The van der Waals surface area contributed by atoms with Crippen molar-refractivity contribution in [2.75, 3.05) is 0 Å². The molecule has 106 valence electrons. The van der Waals surface area contributed by atoms with Gasteiger partial charge in [-0.05, 0) is 17.7 Å². The standard InChI is InChI=1S/C15H14N4O2/c20-15(17-21-11-12-6-2-1-3-7-12)10-19-14-9-5-4-8-13(14)16-18-19/h1-9H,10-11H2,(H,17,20). The molecule has 0 spiro atoms. The number of hydrogen-bond acceptors (Lipinski definition) is 4. The zero-order chi connectivity index (χ0) is 14.5. The van der Waals surface area contributed by atoms with Crippen LogP contribution in [0.1, 0.15) is 5.56 Å². The van der Waals surface area contributed by atoms with Gasteiger partial charge >= 0.3 is 0 Å². The van der Waals surface area contributed by atoms with Crippen molar-refractivity contribution in [3.63, 3.8) is 0 Å². The summed E-state index contributed by atoms with van der Waals surface area (Å²) in [4.78, 5) is 17.0. The molecule has 0 aliphatic rings. The quantitative estimate of drug-likeness (QED) is 0.723. The third-order valence-electron chi connectivity index (χ3n) is 2.98. The zero-order valence-electron chi connectivity index (χ0n) is 11.3. The van der Waals surface area contributed by atoms with Crippen LogP contribution in [-0.2, 0) is 22.8 Å². The molecule has 1 N–H and O–H groups in total. The van der Waals surface area contributed by atoms with Crippen molar-refractivity contribution in [3.05, 3.63) is 60.2 Å². The second-order valence-electron chi connectivity index (χ2n) is 4.54. The predicted octanol–water partition coefficient (Wildman–Crippen LogP) is 1.68. The molecule has 1 aromatic heterocycles. The number of hydroxylamine groups is 1. The number of carbonyl (C=O) groups excluding carboxylic acids is 1. The third-order valence-corrected chi connectivity index (χ3v) is 2.98. The Bertz CT molecular complexity index is 740. The maximum Gasteiger partial charge on any atom is 0.265 e. The number of fused-ring (bicyclic) bond motifs is 1. The first-order valence-electron chi connectivity index (χ1n) is 6.56. The van der Waals surface area contributed by atoms with Gasteiger partial charge in [-0.3, -0.25) is 9.63 Å². The third kappa shape index (κ3) is 3.24. The van der Waals surface area contributed by atoms with E-state index in [2.05, 4.69) is 15.8 Å². The Balaban J connectivity index is 1.55. The number of aromatic nitrogens is 3. The average Bonchev–Trinajstić information content (AvgIpc) is 2.92. The van der Waals surface area contributed by atoms with Crippen molar-refractivity contribution in [3.8, 4) is 0 Å². The first-order valence-corrected chi connectivity index (χ1v) is 6.56. The Hall–Kier alpha value is -2.73. The highest BCUT2D eigenvalue weighted by atomic mass is 16.6. The van der Waals surface area contributed by atoms with Crippen LogP contribution >= 0.6 is 0 Å². The summed E-state index contributed by atoms with van der Waals surface area (Å²) in [7, 11) is 0. The van der Waals surface area contributed by atoms with Crippen LogP contribution in [0.4, 0.5) is 0 Å². The first-order chi connectivity index (χ1) is 10.3. The summed E-state index contributed by atoms with van der Waals surface area (Å²) in [5.74, 6) is -0.276. The van der Waals surface area contributed by atoms with E-state index in [1.807, 2.05) is 54.6 Å². The largest absolute Gasteiger partial charge is 0.271 e. The molecule has 1 heterocycles. The van der Waals surface area contributed by atoms with Gasteiger partial charge in [0.1, 0.15) is 12.1 Å². The highest BCUT2D eigenvalue weighted by molar-refractivity contribution is 5.79. The topological polar surface area (TPSA) is 69.0 Å². The van der Waals surface area contributed by atoms with Crippen molar-refractivity contribution in [2.45, 2.75) is 13.2 Å². The average molecular weight is 282 g/mol. The molecule has 3 aromatic rings. The minimum Gasteiger partial charge on any atom is -0.271 e. The molecule has 0 radical (unpaired) electrons. The summed E-state index contributed by atoms with van der Waals surface area (Å²) in [6.07, 6.45) is 0. The maximum absolute atomic E-state index is 11.8. The number of nitrogens with zero attached hydrogens (tertiary/aromatic N) is 3. The van der Waals surface area contributed by atoms with Gasteiger partial charge in [0.15, 0.2) is 0 Å². The minimum absolute atomic E-state index is 0.0648. The van der Waals surface area contributed by atoms with Crippen molar-refractivity contribution >= 4 is 16.9 Å². The molecule has 0 atom stereocenters. The van der Waals surface area contributed by atoms with Gasteiger partial charge < -0.3 is 0 Å². The predicted molar refractivity (Wildman–Crippen MR) is 76.9 cm³/mol. The van der Waals surface area contributed by atoms with E-state index in [0.717, 1.165) is 16.6 Å². The molecule has 6 heteroatoms. The van der Waals surface area contributed by atoms with Crippen LogP contribution in [0.3, 0.4) is 0 Å². The van der Waals surface area contributed by atoms with Gasteiger partial charge in [0.25, 0.3) is 5.91 Å². The van der Waals surface area contributed by atoms with Gasteiger partial charge in [-0.2, -0.15) is 0 Å². The highest BCUT2D eigenvalue weighted by Gasteiger charge is 2.08. The van der Waals surface area contributed by atoms with E-state index in [1.165, 1.54) is 4.68 Å². The zero-order valence-corrected chi connectivity index (χ0v) is 11.3. The lowest BCUT2D eigenvalue weighted by atomic mass is 10.2. The first kappa shape index (κ1) is 13.3. The Kier molecular flexibility index (Phi) is 3.88. The van der Waals surface area contributed by atoms with Gasteiger partial charge in [-0.25, -0.2) is 10.2 Å². The lowest BCUT2D eigenvalue weighted by Crippen LogP contribution is -2.28. The molecular weight excluding hydrogens is 268 g/mol. The summed E-state index contributed by atoms with van der Waals surface area (Å²) in [5.41, 5.74) is 4.97. The second kappa shape index (κ2) is 6.15. The lowest BCUT2D eigenvalue weighted by Gasteiger charge is -2.06. The van der Waals surface area contributed by atoms with Gasteiger partial charge in [-0.1, -0.05) is 47.7 Å². The summed E-state index contributed by atoms with van der Waals surface area (Å²) in [6, 6.07) is 17.1.